The molecule has 5 nitrogen and oxygen atoms in total. The third kappa shape index (κ3) is 2.56. The van der Waals surface area contributed by atoms with Crippen molar-refractivity contribution in [2.45, 2.75) is 12.5 Å². The molecule has 2 aromatic heterocycles. The average Bonchev–Trinajstić information content (AvgIpc) is 3.11. The number of nitrogens with two attached hydrogens (primary N) is 1. The van der Waals surface area contributed by atoms with E-state index in [1.54, 1.807) is 12.3 Å². The van der Waals surface area contributed by atoms with Crippen LogP contribution in [0.5, 0.6) is 0 Å². The predicted octanol–water partition coefficient (Wildman–Crippen LogP) is 2.31. The van der Waals surface area contributed by atoms with Crippen molar-refractivity contribution >= 4 is 0 Å². The van der Waals surface area contributed by atoms with E-state index in [-0.39, 0.29) is 6.04 Å². The first-order chi connectivity index (χ1) is 9.33. The highest BCUT2D eigenvalue weighted by molar-refractivity contribution is 5.45. The number of aromatic amines is 1. The van der Waals surface area contributed by atoms with Crippen LogP contribution in [0.2, 0.25) is 0 Å². The van der Waals surface area contributed by atoms with Gasteiger partial charge in [-0.3, -0.25) is 5.10 Å². The second kappa shape index (κ2) is 5.07. The molecule has 0 saturated heterocycles. The summed E-state index contributed by atoms with van der Waals surface area (Å²) >= 11 is 0. The van der Waals surface area contributed by atoms with Crippen LogP contribution in [0.4, 0.5) is 0 Å². The quantitative estimate of drug-likeness (QED) is 0.748. The lowest BCUT2D eigenvalue weighted by molar-refractivity contribution is 0.577. The summed E-state index contributed by atoms with van der Waals surface area (Å²) in [5, 5.41) is 6.98. The molecular weight excluding hydrogens is 240 g/mol. The van der Waals surface area contributed by atoms with Gasteiger partial charge < -0.3 is 10.2 Å². The van der Waals surface area contributed by atoms with Gasteiger partial charge >= 0.3 is 0 Å². The van der Waals surface area contributed by atoms with Crippen LogP contribution in [0.3, 0.4) is 0 Å². The Morgan fingerprint density at radius 1 is 1.16 bits per heavy atom. The van der Waals surface area contributed by atoms with E-state index in [1.807, 2.05) is 36.4 Å². The van der Waals surface area contributed by atoms with Gasteiger partial charge in [0.1, 0.15) is 5.82 Å². The Labute approximate surface area is 110 Å². The van der Waals surface area contributed by atoms with Gasteiger partial charge in [0.25, 0.3) is 0 Å². The minimum absolute atomic E-state index is 0.210. The highest BCUT2D eigenvalue weighted by Crippen LogP contribution is 2.18. The summed E-state index contributed by atoms with van der Waals surface area (Å²) in [5.41, 5.74) is 7.30. The van der Waals surface area contributed by atoms with E-state index < -0.39 is 0 Å². The van der Waals surface area contributed by atoms with E-state index in [0.717, 1.165) is 0 Å². The van der Waals surface area contributed by atoms with Crippen molar-refractivity contribution < 1.29 is 4.42 Å². The van der Waals surface area contributed by atoms with Gasteiger partial charge in [0.05, 0.1) is 12.3 Å². The Morgan fingerprint density at radius 2 is 2.00 bits per heavy atom. The number of benzene rings is 1. The summed E-state index contributed by atoms with van der Waals surface area (Å²) < 4.78 is 5.25. The zero-order valence-electron chi connectivity index (χ0n) is 10.3. The summed E-state index contributed by atoms with van der Waals surface area (Å²) in [5.74, 6) is 1.83. The second-order valence-electron chi connectivity index (χ2n) is 4.32. The molecular formula is C14H14N4O. The van der Waals surface area contributed by atoms with Crippen molar-refractivity contribution in [2.24, 2.45) is 5.73 Å². The first-order valence-corrected chi connectivity index (χ1v) is 6.08. The molecule has 3 rings (SSSR count). The lowest BCUT2D eigenvalue weighted by Gasteiger charge is -2.07. The number of hydrogen-bond donors (Lipinski definition) is 2. The molecule has 0 aliphatic rings. The Kier molecular flexibility index (Phi) is 3.12. The molecule has 2 heterocycles. The van der Waals surface area contributed by atoms with Gasteiger partial charge in [0.15, 0.2) is 5.76 Å². The van der Waals surface area contributed by atoms with Crippen LogP contribution in [0.25, 0.3) is 11.6 Å². The topological polar surface area (TPSA) is 80.7 Å². The summed E-state index contributed by atoms with van der Waals surface area (Å²) in [7, 11) is 0. The van der Waals surface area contributed by atoms with Crippen LogP contribution >= 0.6 is 0 Å². The standard InChI is InChI=1S/C14H14N4O/c15-11(9-10-5-2-1-3-6-10)13-16-14(18-17-13)12-7-4-8-19-12/h1-8,11H,9,15H2,(H,16,17,18)/t11-/m1/s1. The van der Waals surface area contributed by atoms with Crippen molar-refractivity contribution in [1.82, 2.24) is 15.2 Å². The molecule has 0 unspecified atom stereocenters. The SMILES string of the molecule is N[C@H](Cc1ccccc1)c1nc(-c2ccco2)n[nH]1. The Hall–Kier alpha value is -2.40. The summed E-state index contributed by atoms with van der Waals surface area (Å²) in [6.45, 7) is 0. The maximum absolute atomic E-state index is 6.13. The number of aromatic nitrogens is 3. The van der Waals surface area contributed by atoms with Crippen molar-refractivity contribution in [2.75, 3.05) is 0 Å². The molecule has 0 amide bonds. The number of nitrogens with one attached hydrogen (secondary N) is 1. The van der Waals surface area contributed by atoms with Crippen LogP contribution in [0.1, 0.15) is 17.4 Å². The minimum Gasteiger partial charge on any atom is -0.461 e. The molecule has 0 fully saturated rings. The Balaban J connectivity index is 1.76. The molecule has 96 valence electrons. The van der Waals surface area contributed by atoms with E-state index >= 15 is 0 Å². The van der Waals surface area contributed by atoms with Gasteiger partial charge in [-0.15, -0.1) is 5.10 Å². The van der Waals surface area contributed by atoms with E-state index in [9.17, 15) is 0 Å². The smallest absolute Gasteiger partial charge is 0.216 e. The molecule has 0 spiro atoms. The molecule has 0 saturated carbocycles. The zero-order chi connectivity index (χ0) is 13.1. The van der Waals surface area contributed by atoms with Gasteiger partial charge in [-0.25, -0.2) is 4.98 Å². The van der Waals surface area contributed by atoms with Crippen LogP contribution < -0.4 is 5.73 Å². The van der Waals surface area contributed by atoms with Crippen LogP contribution in [0, 0.1) is 0 Å². The number of H-pyrrole nitrogens is 1. The largest absolute Gasteiger partial charge is 0.461 e. The number of nitrogens with zero attached hydrogens (tertiary/aromatic N) is 2. The van der Waals surface area contributed by atoms with Crippen molar-refractivity contribution in [1.29, 1.82) is 0 Å². The maximum Gasteiger partial charge on any atom is 0.216 e. The molecule has 0 aliphatic carbocycles. The fourth-order valence-electron chi connectivity index (χ4n) is 1.92. The van der Waals surface area contributed by atoms with Crippen LogP contribution in [-0.4, -0.2) is 15.2 Å². The monoisotopic (exact) mass is 254 g/mol. The normalized spacial score (nSPS) is 12.5. The van der Waals surface area contributed by atoms with Crippen molar-refractivity contribution in [3.8, 4) is 11.6 Å². The van der Waals surface area contributed by atoms with E-state index in [1.165, 1.54) is 5.56 Å². The summed E-state index contributed by atoms with van der Waals surface area (Å²) in [4.78, 5) is 4.36. The number of hydrogen-bond acceptors (Lipinski definition) is 4. The number of rotatable bonds is 4. The Bertz CT molecular complexity index is 631. The van der Waals surface area contributed by atoms with Gasteiger partial charge in [-0.2, -0.15) is 0 Å². The molecule has 0 radical (unpaired) electrons. The van der Waals surface area contributed by atoms with Crippen molar-refractivity contribution in [3.05, 3.63) is 60.1 Å². The third-order valence-electron chi connectivity index (χ3n) is 2.89. The first-order valence-electron chi connectivity index (χ1n) is 6.08. The number of furan rings is 1. The third-order valence-corrected chi connectivity index (χ3v) is 2.89. The fraction of sp³-hybridized carbons (Fsp3) is 0.143. The predicted molar refractivity (Wildman–Crippen MR) is 71.2 cm³/mol. The van der Waals surface area contributed by atoms with Crippen molar-refractivity contribution in [3.63, 3.8) is 0 Å². The van der Waals surface area contributed by atoms with E-state index in [4.69, 9.17) is 10.2 Å². The van der Waals surface area contributed by atoms with Gasteiger partial charge in [-0.05, 0) is 24.1 Å². The average molecular weight is 254 g/mol. The molecule has 5 heteroatoms. The maximum atomic E-state index is 6.13. The lowest BCUT2D eigenvalue weighted by Crippen LogP contribution is -2.15. The van der Waals surface area contributed by atoms with E-state index in [2.05, 4.69) is 15.2 Å². The highest BCUT2D eigenvalue weighted by Gasteiger charge is 2.14. The van der Waals surface area contributed by atoms with Gasteiger partial charge in [0, 0.05) is 0 Å². The molecule has 1 aromatic carbocycles. The first kappa shape index (κ1) is 11.7. The van der Waals surface area contributed by atoms with Crippen LogP contribution in [0.15, 0.2) is 53.1 Å². The zero-order valence-corrected chi connectivity index (χ0v) is 10.3. The molecule has 0 aliphatic heterocycles. The second-order valence-corrected chi connectivity index (χ2v) is 4.32. The minimum atomic E-state index is -0.210. The summed E-state index contributed by atoms with van der Waals surface area (Å²) in [6.07, 6.45) is 2.31. The lowest BCUT2D eigenvalue weighted by atomic mass is 10.1. The summed E-state index contributed by atoms with van der Waals surface area (Å²) in [6, 6.07) is 13.5. The molecule has 0 bridgehead atoms. The van der Waals surface area contributed by atoms with E-state index in [0.29, 0.717) is 23.8 Å². The highest BCUT2D eigenvalue weighted by atomic mass is 16.3. The fourth-order valence-corrected chi connectivity index (χ4v) is 1.92. The van der Waals surface area contributed by atoms with Crippen LogP contribution in [-0.2, 0) is 6.42 Å². The van der Waals surface area contributed by atoms with Gasteiger partial charge in [0.2, 0.25) is 5.82 Å². The molecule has 3 N–H and O–H groups in total. The van der Waals surface area contributed by atoms with Gasteiger partial charge in [-0.1, -0.05) is 30.3 Å². The Morgan fingerprint density at radius 3 is 2.74 bits per heavy atom. The molecule has 1 atom stereocenters. The molecule has 19 heavy (non-hydrogen) atoms. The molecule has 3 aromatic rings.